The van der Waals surface area contributed by atoms with Crippen LogP contribution in [0, 0.1) is 6.92 Å². The first-order chi connectivity index (χ1) is 7.75. The van der Waals surface area contributed by atoms with E-state index in [4.69, 9.17) is 4.42 Å². The molecule has 84 valence electrons. The van der Waals surface area contributed by atoms with Gasteiger partial charge in [0.1, 0.15) is 11.6 Å². The molecular formula is C12H13BrN2O. The second-order valence-corrected chi connectivity index (χ2v) is 4.43. The van der Waals surface area contributed by atoms with Gasteiger partial charge in [0.25, 0.3) is 0 Å². The molecule has 0 aromatic carbocycles. The number of rotatable bonds is 4. The van der Waals surface area contributed by atoms with Gasteiger partial charge in [-0.25, -0.2) is 4.98 Å². The van der Waals surface area contributed by atoms with Crippen molar-refractivity contribution >= 4 is 21.7 Å². The number of halogens is 1. The van der Waals surface area contributed by atoms with Crippen molar-refractivity contribution in [3.8, 4) is 0 Å². The van der Waals surface area contributed by atoms with E-state index >= 15 is 0 Å². The summed E-state index contributed by atoms with van der Waals surface area (Å²) in [4.78, 5) is 4.27. The van der Waals surface area contributed by atoms with Crippen molar-refractivity contribution in [2.75, 3.05) is 11.9 Å². The molecule has 3 nitrogen and oxygen atoms in total. The maximum Gasteiger partial charge on any atom is 0.126 e. The molecule has 0 spiro atoms. The highest BCUT2D eigenvalue weighted by atomic mass is 79.9. The van der Waals surface area contributed by atoms with Gasteiger partial charge in [0.15, 0.2) is 0 Å². The molecule has 0 unspecified atom stereocenters. The number of hydrogen-bond acceptors (Lipinski definition) is 3. The lowest BCUT2D eigenvalue weighted by atomic mass is 10.3. The summed E-state index contributed by atoms with van der Waals surface area (Å²) in [6, 6.07) is 5.89. The van der Waals surface area contributed by atoms with Crippen LogP contribution >= 0.6 is 15.9 Å². The SMILES string of the molecule is Cc1cc(NCCc2ccco2)ncc1Br. The predicted octanol–water partition coefficient (Wildman–Crippen LogP) is 3.40. The molecule has 2 aromatic heterocycles. The Morgan fingerprint density at radius 2 is 2.38 bits per heavy atom. The molecule has 4 heteroatoms. The van der Waals surface area contributed by atoms with E-state index in [0.717, 1.165) is 29.0 Å². The van der Waals surface area contributed by atoms with Crippen LogP contribution in [0.4, 0.5) is 5.82 Å². The number of aryl methyl sites for hydroxylation is 1. The first-order valence-corrected chi connectivity index (χ1v) is 5.93. The Morgan fingerprint density at radius 1 is 1.50 bits per heavy atom. The normalized spacial score (nSPS) is 10.4. The Kier molecular flexibility index (Phi) is 3.62. The van der Waals surface area contributed by atoms with Crippen LogP contribution in [0.3, 0.4) is 0 Å². The highest BCUT2D eigenvalue weighted by molar-refractivity contribution is 9.10. The summed E-state index contributed by atoms with van der Waals surface area (Å²) in [5.41, 5.74) is 1.18. The van der Waals surface area contributed by atoms with Crippen LogP contribution in [0.5, 0.6) is 0 Å². The minimum atomic E-state index is 0.821. The minimum Gasteiger partial charge on any atom is -0.469 e. The molecule has 0 radical (unpaired) electrons. The lowest BCUT2D eigenvalue weighted by molar-refractivity contribution is 0.513. The molecule has 0 saturated heterocycles. The van der Waals surface area contributed by atoms with Crippen LogP contribution < -0.4 is 5.32 Å². The van der Waals surface area contributed by atoms with E-state index in [-0.39, 0.29) is 0 Å². The van der Waals surface area contributed by atoms with E-state index in [0.29, 0.717) is 0 Å². The van der Waals surface area contributed by atoms with Gasteiger partial charge >= 0.3 is 0 Å². The molecule has 0 bridgehead atoms. The predicted molar refractivity (Wildman–Crippen MR) is 67.6 cm³/mol. The molecule has 0 atom stereocenters. The molecule has 0 aliphatic heterocycles. The van der Waals surface area contributed by atoms with E-state index in [1.807, 2.05) is 31.3 Å². The van der Waals surface area contributed by atoms with Crippen LogP contribution in [0.1, 0.15) is 11.3 Å². The van der Waals surface area contributed by atoms with Crippen LogP contribution in [0.2, 0.25) is 0 Å². The third kappa shape index (κ3) is 2.85. The average Bonchev–Trinajstić information content (AvgIpc) is 2.76. The fraction of sp³-hybridized carbons (Fsp3) is 0.250. The Morgan fingerprint density at radius 3 is 3.06 bits per heavy atom. The van der Waals surface area contributed by atoms with E-state index in [9.17, 15) is 0 Å². The zero-order chi connectivity index (χ0) is 11.4. The van der Waals surface area contributed by atoms with Gasteiger partial charge in [-0.1, -0.05) is 0 Å². The summed E-state index contributed by atoms with van der Waals surface area (Å²) in [5.74, 6) is 1.88. The van der Waals surface area contributed by atoms with Crippen molar-refractivity contribution in [2.24, 2.45) is 0 Å². The van der Waals surface area contributed by atoms with Gasteiger partial charge in [-0.15, -0.1) is 0 Å². The molecule has 0 aliphatic rings. The van der Waals surface area contributed by atoms with Gasteiger partial charge in [-0.05, 0) is 46.6 Å². The molecule has 2 rings (SSSR count). The van der Waals surface area contributed by atoms with Crippen molar-refractivity contribution in [2.45, 2.75) is 13.3 Å². The monoisotopic (exact) mass is 280 g/mol. The van der Waals surface area contributed by atoms with Gasteiger partial charge in [0, 0.05) is 23.6 Å². The summed E-state index contributed by atoms with van der Waals surface area (Å²) in [5, 5.41) is 3.26. The Hall–Kier alpha value is -1.29. The van der Waals surface area contributed by atoms with Gasteiger partial charge in [-0.3, -0.25) is 0 Å². The first kappa shape index (κ1) is 11.2. The Labute approximate surface area is 103 Å². The van der Waals surface area contributed by atoms with Crippen molar-refractivity contribution in [1.82, 2.24) is 4.98 Å². The van der Waals surface area contributed by atoms with Crippen molar-refractivity contribution in [3.05, 3.63) is 46.5 Å². The number of nitrogens with one attached hydrogen (secondary N) is 1. The smallest absolute Gasteiger partial charge is 0.126 e. The van der Waals surface area contributed by atoms with Crippen LogP contribution in [0.15, 0.2) is 39.5 Å². The van der Waals surface area contributed by atoms with E-state index in [1.54, 1.807) is 6.26 Å². The van der Waals surface area contributed by atoms with Crippen LogP contribution in [-0.4, -0.2) is 11.5 Å². The summed E-state index contributed by atoms with van der Waals surface area (Å²) < 4.78 is 6.28. The summed E-state index contributed by atoms with van der Waals surface area (Å²) in [6.07, 6.45) is 4.37. The second-order valence-electron chi connectivity index (χ2n) is 3.57. The molecule has 0 amide bonds. The molecule has 16 heavy (non-hydrogen) atoms. The topological polar surface area (TPSA) is 38.1 Å². The molecule has 2 heterocycles. The highest BCUT2D eigenvalue weighted by Crippen LogP contribution is 2.17. The number of pyridine rings is 1. The molecule has 2 aromatic rings. The Balaban J connectivity index is 1.87. The molecule has 0 fully saturated rings. The number of anilines is 1. The first-order valence-electron chi connectivity index (χ1n) is 5.14. The number of furan rings is 1. The van der Waals surface area contributed by atoms with E-state index in [1.165, 1.54) is 5.56 Å². The molecular weight excluding hydrogens is 268 g/mol. The fourth-order valence-corrected chi connectivity index (χ4v) is 1.62. The van der Waals surface area contributed by atoms with Gasteiger partial charge in [0.2, 0.25) is 0 Å². The zero-order valence-corrected chi connectivity index (χ0v) is 10.6. The molecule has 1 N–H and O–H groups in total. The Bertz CT molecular complexity index is 454. The number of nitrogens with zero attached hydrogens (tertiary/aromatic N) is 1. The van der Waals surface area contributed by atoms with Crippen LogP contribution in [0.25, 0.3) is 0 Å². The highest BCUT2D eigenvalue weighted by Gasteiger charge is 1.99. The van der Waals surface area contributed by atoms with Gasteiger partial charge in [-0.2, -0.15) is 0 Å². The van der Waals surface area contributed by atoms with Crippen molar-refractivity contribution in [3.63, 3.8) is 0 Å². The lowest BCUT2D eigenvalue weighted by Gasteiger charge is -2.05. The van der Waals surface area contributed by atoms with Gasteiger partial charge < -0.3 is 9.73 Å². The van der Waals surface area contributed by atoms with E-state index in [2.05, 4.69) is 26.2 Å². The fourth-order valence-electron chi connectivity index (χ4n) is 1.40. The third-order valence-electron chi connectivity index (χ3n) is 2.30. The lowest BCUT2D eigenvalue weighted by Crippen LogP contribution is -2.05. The van der Waals surface area contributed by atoms with Gasteiger partial charge in [0.05, 0.1) is 6.26 Å². The standard InChI is InChI=1S/C12H13BrN2O/c1-9-7-12(15-8-11(9)13)14-5-4-10-3-2-6-16-10/h2-3,6-8H,4-5H2,1H3,(H,14,15). The second kappa shape index (κ2) is 5.16. The number of aromatic nitrogens is 1. The largest absolute Gasteiger partial charge is 0.469 e. The maximum atomic E-state index is 5.25. The molecule has 0 aliphatic carbocycles. The summed E-state index contributed by atoms with van der Waals surface area (Å²) in [6.45, 7) is 2.87. The maximum absolute atomic E-state index is 5.25. The van der Waals surface area contributed by atoms with Crippen LogP contribution in [-0.2, 0) is 6.42 Å². The van der Waals surface area contributed by atoms with E-state index < -0.39 is 0 Å². The van der Waals surface area contributed by atoms with Crippen molar-refractivity contribution < 1.29 is 4.42 Å². The average molecular weight is 281 g/mol. The molecule has 0 saturated carbocycles. The summed E-state index contributed by atoms with van der Waals surface area (Å²) in [7, 11) is 0. The third-order valence-corrected chi connectivity index (χ3v) is 3.13. The quantitative estimate of drug-likeness (QED) is 0.933. The minimum absolute atomic E-state index is 0.821. The number of hydrogen-bond donors (Lipinski definition) is 1. The van der Waals surface area contributed by atoms with Crippen molar-refractivity contribution in [1.29, 1.82) is 0 Å². The zero-order valence-electron chi connectivity index (χ0n) is 9.03. The summed E-state index contributed by atoms with van der Waals surface area (Å²) >= 11 is 3.42.